The first kappa shape index (κ1) is 16.0. The molecular formula is C16H25N3OS. The van der Waals surface area contributed by atoms with Gasteiger partial charge in [-0.1, -0.05) is 18.2 Å². The second kappa shape index (κ2) is 8.82. The second-order valence-corrected chi connectivity index (χ2v) is 6.62. The fraction of sp³-hybridized carbons (Fsp3) is 0.562. The molecular weight excluding hydrogens is 282 g/mol. The lowest BCUT2D eigenvalue weighted by atomic mass is 10.2. The highest BCUT2D eigenvalue weighted by molar-refractivity contribution is 7.99. The van der Waals surface area contributed by atoms with Crippen molar-refractivity contribution in [3.63, 3.8) is 0 Å². The van der Waals surface area contributed by atoms with Gasteiger partial charge < -0.3 is 15.5 Å². The Hall–Kier alpha value is -1.36. The van der Waals surface area contributed by atoms with Crippen LogP contribution in [-0.2, 0) is 0 Å². The van der Waals surface area contributed by atoms with Gasteiger partial charge in [-0.3, -0.25) is 0 Å². The van der Waals surface area contributed by atoms with Crippen LogP contribution in [0.25, 0.3) is 0 Å². The lowest BCUT2D eigenvalue weighted by Gasteiger charge is -2.23. The zero-order valence-corrected chi connectivity index (χ0v) is 13.5. The topological polar surface area (TPSA) is 44.4 Å². The average Bonchev–Trinajstić information content (AvgIpc) is 2.53. The van der Waals surface area contributed by atoms with Crippen molar-refractivity contribution in [3.8, 4) is 0 Å². The van der Waals surface area contributed by atoms with E-state index < -0.39 is 0 Å². The summed E-state index contributed by atoms with van der Waals surface area (Å²) in [7, 11) is 2.08. The van der Waals surface area contributed by atoms with Gasteiger partial charge in [0, 0.05) is 31.9 Å². The fourth-order valence-corrected chi connectivity index (χ4v) is 3.51. The van der Waals surface area contributed by atoms with Crippen LogP contribution >= 0.6 is 11.8 Å². The summed E-state index contributed by atoms with van der Waals surface area (Å²) in [6.45, 7) is 1.65. The van der Waals surface area contributed by atoms with Gasteiger partial charge >= 0.3 is 6.03 Å². The standard InChI is InChI=1S/C16H25N3OS/c1-19(15-6-3-2-4-7-15)11-5-10-17-16(20)18-14-8-12-21-13-9-14/h2-4,6-7,14H,5,8-13H2,1H3,(H2,17,18,20). The number of carbonyl (C=O) groups is 1. The molecule has 0 saturated carbocycles. The number of urea groups is 1. The van der Waals surface area contributed by atoms with E-state index in [0.29, 0.717) is 12.6 Å². The van der Waals surface area contributed by atoms with Crippen LogP contribution in [0, 0.1) is 0 Å². The highest BCUT2D eigenvalue weighted by Gasteiger charge is 2.15. The lowest BCUT2D eigenvalue weighted by molar-refractivity contribution is 0.236. The van der Waals surface area contributed by atoms with Crippen LogP contribution in [0.15, 0.2) is 30.3 Å². The molecule has 4 nitrogen and oxygen atoms in total. The van der Waals surface area contributed by atoms with Crippen LogP contribution < -0.4 is 15.5 Å². The van der Waals surface area contributed by atoms with Crippen molar-refractivity contribution in [3.05, 3.63) is 30.3 Å². The van der Waals surface area contributed by atoms with Crippen molar-refractivity contribution >= 4 is 23.5 Å². The van der Waals surface area contributed by atoms with Gasteiger partial charge in [-0.2, -0.15) is 11.8 Å². The molecule has 2 rings (SSSR count). The van der Waals surface area contributed by atoms with Crippen molar-refractivity contribution in [2.45, 2.75) is 25.3 Å². The molecule has 0 aromatic heterocycles. The van der Waals surface area contributed by atoms with Gasteiger partial charge in [0.05, 0.1) is 0 Å². The molecule has 0 radical (unpaired) electrons. The molecule has 0 unspecified atom stereocenters. The Morgan fingerprint density at radius 1 is 1.29 bits per heavy atom. The predicted molar refractivity (Wildman–Crippen MR) is 91.2 cm³/mol. The van der Waals surface area contributed by atoms with Crippen LogP contribution in [0.2, 0.25) is 0 Å². The van der Waals surface area contributed by atoms with Crippen molar-refractivity contribution < 1.29 is 4.79 Å². The summed E-state index contributed by atoms with van der Waals surface area (Å²) in [5.41, 5.74) is 1.21. The Morgan fingerprint density at radius 2 is 2.00 bits per heavy atom. The van der Waals surface area contributed by atoms with Gasteiger partial charge in [0.15, 0.2) is 0 Å². The largest absolute Gasteiger partial charge is 0.375 e. The van der Waals surface area contributed by atoms with Crippen molar-refractivity contribution in [1.29, 1.82) is 0 Å². The smallest absolute Gasteiger partial charge is 0.315 e. The molecule has 1 saturated heterocycles. The number of nitrogens with one attached hydrogen (secondary N) is 2. The molecule has 1 fully saturated rings. The molecule has 2 amide bonds. The van der Waals surface area contributed by atoms with Gasteiger partial charge in [0.25, 0.3) is 0 Å². The quantitative estimate of drug-likeness (QED) is 0.794. The van der Waals surface area contributed by atoms with E-state index >= 15 is 0 Å². The monoisotopic (exact) mass is 307 g/mol. The molecule has 1 aliphatic rings. The van der Waals surface area contributed by atoms with E-state index in [9.17, 15) is 4.79 Å². The molecule has 2 N–H and O–H groups in total. The number of amides is 2. The van der Waals surface area contributed by atoms with Crippen LogP contribution in [0.1, 0.15) is 19.3 Å². The fourth-order valence-electron chi connectivity index (χ4n) is 2.41. The number of thioether (sulfide) groups is 1. The van der Waals surface area contributed by atoms with Gasteiger partial charge in [-0.05, 0) is 42.9 Å². The Kier molecular flexibility index (Phi) is 6.73. The summed E-state index contributed by atoms with van der Waals surface area (Å²) < 4.78 is 0. The van der Waals surface area contributed by atoms with Gasteiger partial charge in [-0.25, -0.2) is 4.79 Å². The number of hydrogen-bond acceptors (Lipinski definition) is 3. The maximum atomic E-state index is 11.8. The Balaban J connectivity index is 1.57. The third-order valence-electron chi connectivity index (χ3n) is 3.71. The first-order valence-corrected chi connectivity index (χ1v) is 8.79. The molecule has 1 aromatic carbocycles. The Morgan fingerprint density at radius 3 is 2.71 bits per heavy atom. The Bertz CT molecular complexity index is 421. The summed E-state index contributed by atoms with van der Waals surface area (Å²) in [6, 6.07) is 10.6. The van der Waals surface area contributed by atoms with E-state index in [2.05, 4.69) is 34.7 Å². The van der Waals surface area contributed by atoms with E-state index in [1.807, 2.05) is 30.0 Å². The maximum Gasteiger partial charge on any atom is 0.315 e. The number of benzene rings is 1. The molecule has 116 valence electrons. The number of carbonyl (C=O) groups excluding carboxylic acids is 1. The number of anilines is 1. The maximum absolute atomic E-state index is 11.8. The summed E-state index contributed by atoms with van der Waals surface area (Å²) in [5, 5.41) is 6.01. The molecule has 1 aliphatic heterocycles. The molecule has 1 aromatic rings. The van der Waals surface area contributed by atoms with Gasteiger partial charge in [0.2, 0.25) is 0 Å². The summed E-state index contributed by atoms with van der Waals surface area (Å²) in [4.78, 5) is 14.0. The zero-order chi connectivity index (χ0) is 14.9. The van der Waals surface area contributed by atoms with Crippen molar-refractivity contribution in [1.82, 2.24) is 10.6 Å². The number of para-hydroxylation sites is 1. The van der Waals surface area contributed by atoms with E-state index in [1.165, 1.54) is 5.69 Å². The minimum atomic E-state index is -0.0192. The minimum absolute atomic E-state index is 0.0192. The van der Waals surface area contributed by atoms with E-state index in [1.54, 1.807) is 0 Å². The minimum Gasteiger partial charge on any atom is -0.375 e. The predicted octanol–water partition coefficient (Wildman–Crippen LogP) is 2.71. The van der Waals surface area contributed by atoms with Crippen molar-refractivity contribution in [2.75, 3.05) is 36.5 Å². The summed E-state index contributed by atoms with van der Waals surface area (Å²) >= 11 is 1.97. The first-order valence-electron chi connectivity index (χ1n) is 7.64. The Labute approximate surface area is 131 Å². The number of hydrogen-bond donors (Lipinski definition) is 2. The zero-order valence-electron chi connectivity index (χ0n) is 12.7. The SMILES string of the molecule is CN(CCCNC(=O)NC1CCSCC1)c1ccccc1. The number of nitrogens with zero attached hydrogens (tertiary/aromatic N) is 1. The third-order valence-corrected chi connectivity index (χ3v) is 4.76. The first-order chi connectivity index (χ1) is 10.3. The molecule has 0 bridgehead atoms. The van der Waals surface area contributed by atoms with E-state index in [4.69, 9.17) is 0 Å². The van der Waals surface area contributed by atoms with Crippen LogP contribution in [-0.4, -0.2) is 43.7 Å². The average molecular weight is 307 g/mol. The lowest BCUT2D eigenvalue weighted by Crippen LogP contribution is -2.44. The highest BCUT2D eigenvalue weighted by Crippen LogP contribution is 2.16. The summed E-state index contributed by atoms with van der Waals surface area (Å²) in [5.74, 6) is 2.32. The molecule has 0 atom stereocenters. The van der Waals surface area contributed by atoms with Crippen LogP contribution in [0.3, 0.4) is 0 Å². The molecule has 0 spiro atoms. The van der Waals surface area contributed by atoms with E-state index in [0.717, 1.165) is 37.3 Å². The normalized spacial score (nSPS) is 15.5. The highest BCUT2D eigenvalue weighted by atomic mass is 32.2. The number of rotatable bonds is 6. The van der Waals surface area contributed by atoms with Crippen LogP contribution in [0.4, 0.5) is 10.5 Å². The van der Waals surface area contributed by atoms with Gasteiger partial charge in [-0.15, -0.1) is 0 Å². The molecule has 0 aliphatic carbocycles. The van der Waals surface area contributed by atoms with Crippen molar-refractivity contribution in [2.24, 2.45) is 0 Å². The molecule has 5 heteroatoms. The van der Waals surface area contributed by atoms with Crippen LogP contribution in [0.5, 0.6) is 0 Å². The second-order valence-electron chi connectivity index (χ2n) is 5.40. The van der Waals surface area contributed by atoms with E-state index in [-0.39, 0.29) is 6.03 Å². The summed E-state index contributed by atoms with van der Waals surface area (Å²) in [6.07, 6.45) is 3.13. The third kappa shape index (κ3) is 5.87. The van der Waals surface area contributed by atoms with Gasteiger partial charge in [0.1, 0.15) is 0 Å². The molecule has 1 heterocycles. The molecule has 21 heavy (non-hydrogen) atoms.